The molecule has 0 saturated carbocycles. The van der Waals surface area contributed by atoms with Gasteiger partial charge in [-0.2, -0.15) is 0 Å². The van der Waals surface area contributed by atoms with Gasteiger partial charge in [0.05, 0.1) is 6.42 Å². The van der Waals surface area contributed by atoms with Crippen LogP contribution >= 0.6 is 0 Å². The molecule has 0 bridgehead atoms. The number of carboxylic acid groups (broad SMARTS) is 1. The van der Waals surface area contributed by atoms with Gasteiger partial charge in [0.2, 0.25) is 0 Å². The number of nitrogens with one attached hydrogen (secondary N) is 1. The molecule has 0 amide bonds. The highest BCUT2D eigenvalue weighted by Crippen LogP contribution is 2.20. The highest BCUT2D eigenvalue weighted by molar-refractivity contribution is 6.60. The molecular formula is C18H39NO5Si. The summed E-state index contributed by atoms with van der Waals surface area (Å²) in [5.41, 5.74) is 0. The Morgan fingerprint density at radius 2 is 1.32 bits per heavy atom. The van der Waals surface area contributed by atoms with E-state index < -0.39 is 14.8 Å². The fourth-order valence-corrected chi connectivity index (χ4v) is 4.87. The Labute approximate surface area is 155 Å². The van der Waals surface area contributed by atoms with Crippen molar-refractivity contribution in [3.63, 3.8) is 0 Å². The van der Waals surface area contributed by atoms with Crippen LogP contribution in [0.2, 0.25) is 6.04 Å². The van der Waals surface area contributed by atoms with E-state index in [1.54, 1.807) is 0 Å². The largest absolute Gasteiger partial charge is 0.501 e. The Bertz CT molecular complexity index is 291. The Morgan fingerprint density at radius 3 is 1.72 bits per heavy atom. The molecule has 0 aliphatic rings. The smallest absolute Gasteiger partial charge is 0.481 e. The normalized spacial score (nSPS) is 11.8. The monoisotopic (exact) mass is 377 g/mol. The molecule has 0 radical (unpaired) electrons. The van der Waals surface area contributed by atoms with Gasteiger partial charge in [0.25, 0.3) is 0 Å². The summed E-state index contributed by atoms with van der Waals surface area (Å²) in [6, 6.07) is 0.782. The molecule has 0 aromatic rings. The molecule has 0 atom stereocenters. The SMILES string of the molecule is CCCCO[Si](CCCNCCC(=O)O)(OCCCC)OCCCC. The van der Waals surface area contributed by atoms with E-state index in [1.165, 1.54) is 0 Å². The second-order valence-electron chi connectivity index (χ2n) is 6.29. The van der Waals surface area contributed by atoms with Crippen molar-refractivity contribution >= 4 is 14.8 Å². The number of hydrogen-bond acceptors (Lipinski definition) is 5. The van der Waals surface area contributed by atoms with Crippen molar-refractivity contribution in [2.24, 2.45) is 0 Å². The van der Waals surface area contributed by atoms with Gasteiger partial charge in [0, 0.05) is 32.4 Å². The topological polar surface area (TPSA) is 77.0 Å². The van der Waals surface area contributed by atoms with Crippen LogP contribution in [0.1, 0.15) is 72.1 Å². The van der Waals surface area contributed by atoms with E-state index >= 15 is 0 Å². The Balaban J connectivity index is 4.50. The van der Waals surface area contributed by atoms with Gasteiger partial charge in [-0.15, -0.1) is 0 Å². The average molecular weight is 378 g/mol. The van der Waals surface area contributed by atoms with Crippen LogP contribution in [0.25, 0.3) is 0 Å². The van der Waals surface area contributed by atoms with Crippen molar-refractivity contribution in [2.45, 2.75) is 78.2 Å². The summed E-state index contributed by atoms with van der Waals surface area (Å²) in [5, 5.41) is 11.8. The maximum Gasteiger partial charge on any atom is 0.501 e. The molecule has 0 aromatic heterocycles. The zero-order valence-corrected chi connectivity index (χ0v) is 17.5. The number of carboxylic acids is 1. The lowest BCUT2D eigenvalue weighted by Gasteiger charge is -2.30. The third-order valence-corrected chi connectivity index (χ3v) is 6.71. The van der Waals surface area contributed by atoms with Crippen LogP contribution in [-0.4, -0.2) is 52.8 Å². The molecule has 0 rings (SSSR count). The third-order valence-electron chi connectivity index (χ3n) is 3.81. The Kier molecular flexibility index (Phi) is 16.6. The Hall–Kier alpha value is -0.473. The maximum atomic E-state index is 10.5. The fraction of sp³-hybridized carbons (Fsp3) is 0.944. The van der Waals surface area contributed by atoms with Gasteiger partial charge >= 0.3 is 14.8 Å². The van der Waals surface area contributed by atoms with Crippen molar-refractivity contribution in [3.05, 3.63) is 0 Å². The van der Waals surface area contributed by atoms with Crippen LogP contribution in [0.3, 0.4) is 0 Å². The molecular weight excluding hydrogens is 338 g/mol. The van der Waals surface area contributed by atoms with Gasteiger partial charge in [-0.05, 0) is 32.2 Å². The first-order chi connectivity index (χ1) is 12.1. The van der Waals surface area contributed by atoms with Gasteiger partial charge in [-0.3, -0.25) is 4.79 Å². The second kappa shape index (κ2) is 17.0. The van der Waals surface area contributed by atoms with Crippen LogP contribution in [-0.2, 0) is 18.1 Å². The summed E-state index contributed by atoms with van der Waals surface area (Å²) >= 11 is 0. The van der Waals surface area contributed by atoms with E-state index in [0.29, 0.717) is 26.4 Å². The molecule has 2 N–H and O–H groups in total. The minimum atomic E-state index is -2.65. The van der Waals surface area contributed by atoms with Gasteiger partial charge < -0.3 is 23.7 Å². The first kappa shape index (κ1) is 24.5. The molecule has 0 fully saturated rings. The number of carbonyl (C=O) groups is 1. The van der Waals surface area contributed by atoms with Crippen LogP contribution in [0.4, 0.5) is 0 Å². The molecule has 0 aromatic carbocycles. The van der Waals surface area contributed by atoms with E-state index in [1.807, 2.05) is 0 Å². The molecule has 7 heteroatoms. The van der Waals surface area contributed by atoms with Gasteiger partial charge in [-0.25, -0.2) is 0 Å². The molecule has 0 aliphatic heterocycles. The van der Waals surface area contributed by atoms with Gasteiger partial charge in [-0.1, -0.05) is 40.0 Å². The van der Waals surface area contributed by atoms with Crippen LogP contribution < -0.4 is 5.32 Å². The molecule has 6 nitrogen and oxygen atoms in total. The first-order valence-electron chi connectivity index (χ1n) is 9.94. The minimum Gasteiger partial charge on any atom is -0.481 e. The standard InChI is InChI=1S/C18H39NO5Si/c1-4-7-14-22-25(23-15-8-5-2,24-16-9-6-3)17-10-12-19-13-11-18(20)21/h19H,4-17H2,1-3H3,(H,20,21). The van der Waals surface area contributed by atoms with Crippen molar-refractivity contribution in [1.82, 2.24) is 5.32 Å². The highest BCUT2D eigenvalue weighted by Gasteiger charge is 2.40. The molecule has 0 spiro atoms. The van der Waals surface area contributed by atoms with E-state index in [9.17, 15) is 4.79 Å². The summed E-state index contributed by atoms with van der Waals surface area (Å²) < 4.78 is 18.5. The third kappa shape index (κ3) is 14.4. The summed E-state index contributed by atoms with van der Waals surface area (Å²) in [5.74, 6) is -0.773. The number of rotatable bonds is 19. The molecule has 0 heterocycles. The quantitative estimate of drug-likeness (QED) is 0.263. The predicted molar refractivity (Wildman–Crippen MR) is 103 cm³/mol. The van der Waals surface area contributed by atoms with Gasteiger partial charge in [0.15, 0.2) is 0 Å². The minimum absolute atomic E-state index is 0.148. The van der Waals surface area contributed by atoms with E-state index in [4.69, 9.17) is 18.4 Å². The lowest BCUT2D eigenvalue weighted by Crippen LogP contribution is -2.47. The molecule has 25 heavy (non-hydrogen) atoms. The van der Waals surface area contributed by atoms with Crippen molar-refractivity contribution in [2.75, 3.05) is 32.9 Å². The summed E-state index contributed by atoms with van der Waals surface area (Å²) in [6.45, 7) is 9.76. The van der Waals surface area contributed by atoms with E-state index in [2.05, 4.69) is 26.1 Å². The number of hydrogen-bond donors (Lipinski definition) is 2. The lowest BCUT2D eigenvalue weighted by molar-refractivity contribution is -0.136. The molecule has 150 valence electrons. The van der Waals surface area contributed by atoms with E-state index in [0.717, 1.165) is 57.5 Å². The molecule has 0 aliphatic carbocycles. The van der Waals surface area contributed by atoms with Gasteiger partial charge in [0.1, 0.15) is 0 Å². The first-order valence-corrected chi connectivity index (χ1v) is 11.9. The van der Waals surface area contributed by atoms with Crippen molar-refractivity contribution < 1.29 is 23.2 Å². The second-order valence-corrected chi connectivity index (χ2v) is 9.02. The Morgan fingerprint density at radius 1 is 0.840 bits per heavy atom. The average Bonchev–Trinajstić information content (AvgIpc) is 2.58. The zero-order valence-electron chi connectivity index (χ0n) is 16.5. The maximum absolute atomic E-state index is 10.5. The van der Waals surface area contributed by atoms with Crippen molar-refractivity contribution in [3.8, 4) is 0 Å². The summed E-state index contributed by atoms with van der Waals surface area (Å²) in [6.07, 6.45) is 7.33. The van der Waals surface area contributed by atoms with E-state index in [-0.39, 0.29) is 6.42 Å². The molecule has 0 unspecified atom stereocenters. The lowest BCUT2D eigenvalue weighted by atomic mass is 10.4. The number of aliphatic carboxylic acids is 1. The highest BCUT2D eigenvalue weighted by atomic mass is 28.4. The summed E-state index contributed by atoms with van der Waals surface area (Å²) in [4.78, 5) is 10.5. The number of unbranched alkanes of at least 4 members (excludes halogenated alkanes) is 3. The van der Waals surface area contributed by atoms with Crippen LogP contribution in [0, 0.1) is 0 Å². The van der Waals surface area contributed by atoms with Crippen LogP contribution in [0.5, 0.6) is 0 Å². The zero-order chi connectivity index (χ0) is 18.8. The van der Waals surface area contributed by atoms with Crippen LogP contribution in [0.15, 0.2) is 0 Å². The predicted octanol–water partition coefficient (Wildman–Crippen LogP) is 3.83. The molecule has 0 saturated heterocycles. The van der Waals surface area contributed by atoms with Crippen molar-refractivity contribution in [1.29, 1.82) is 0 Å². The fourth-order valence-electron chi connectivity index (χ4n) is 2.21. The summed E-state index contributed by atoms with van der Waals surface area (Å²) in [7, 11) is -2.65.